The van der Waals surface area contributed by atoms with Crippen molar-refractivity contribution in [1.29, 1.82) is 0 Å². The summed E-state index contributed by atoms with van der Waals surface area (Å²) in [5.41, 5.74) is 18.7. The van der Waals surface area contributed by atoms with Crippen LogP contribution in [0.3, 0.4) is 0 Å². The van der Waals surface area contributed by atoms with E-state index in [0.717, 1.165) is 61.2 Å². The Morgan fingerprint density at radius 1 is 0.321 bits per heavy atom. The third kappa shape index (κ3) is 23.2. The van der Waals surface area contributed by atoms with Crippen LogP contribution in [-0.4, -0.2) is 18.0 Å². The molecule has 0 radical (unpaired) electrons. The summed E-state index contributed by atoms with van der Waals surface area (Å²) in [6.07, 6.45) is 21.9. The lowest BCUT2D eigenvalue weighted by Crippen LogP contribution is -2.28. The van der Waals surface area contributed by atoms with Crippen molar-refractivity contribution in [3.63, 3.8) is 0 Å². The smallest absolute Gasteiger partial charge is 0.338 e. The number of hydrogen-bond donors (Lipinski definition) is 0. The third-order valence-electron chi connectivity index (χ3n) is 27.0. The molecule has 10 nitrogen and oxygen atoms in total. The molecule has 0 spiro atoms. The summed E-state index contributed by atoms with van der Waals surface area (Å²) in [6, 6.07) is 26.2. The second kappa shape index (κ2) is 41.9. The molecule has 7 aliphatic rings. The van der Waals surface area contributed by atoms with Gasteiger partial charge in [-0.2, -0.15) is 35.1 Å². The van der Waals surface area contributed by atoms with Gasteiger partial charge in [0, 0.05) is 17.1 Å². The molecule has 10 atom stereocenters. The SMILES string of the molecule is C1CC2C3CCC(C3)C2C1.C1CC2C3CCC(C3)C2C1.C=C(C)C(=O)Oc1c(C)cc(C)cc1C.C=C(C)C(=O)Oc1c(C)cc(C)cc1C.CC1=CC(C)C(Oc2c(F)c(F)c(Oc3c(C)cc(Oc4c(C)cc(C)cc4C)cc3C)c(F)c2F)C(C)=C1.Cc1cc(C)c(Oc2c(F)c(F)c(Oc3c(C)cc(Oc4c(C)cc(C(C)(C)C)cc4C)cc3C)c(F)c2F)c(C)c1. The van der Waals surface area contributed by atoms with E-state index >= 15 is 35.1 Å². The fourth-order valence-electron chi connectivity index (χ4n) is 21.3. The van der Waals surface area contributed by atoms with E-state index in [4.69, 9.17) is 37.9 Å². The first-order chi connectivity index (χ1) is 61.5. The Morgan fingerprint density at radius 3 is 0.809 bits per heavy atom. The number of hydrogen-bond acceptors (Lipinski definition) is 10. The Hall–Kier alpha value is -10.9. The van der Waals surface area contributed by atoms with E-state index in [-0.39, 0.29) is 40.5 Å². The summed E-state index contributed by atoms with van der Waals surface area (Å²) in [5, 5.41) is 0. The molecular weight excluding hydrogens is 1670 g/mol. The van der Waals surface area contributed by atoms with Gasteiger partial charge in [-0.05, 0) is 383 Å². The third-order valence-corrected chi connectivity index (χ3v) is 27.0. The molecule has 9 aromatic rings. The molecule has 0 N–H and O–H groups in total. The first-order valence-electron chi connectivity index (χ1n) is 46.1. The van der Waals surface area contributed by atoms with Crippen molar-refractivity contribution in [3.05, 3.63) is 285 Å². The molecule has 6 saturated carbocycles. The number of fused-ring (bicyclic) bond motifs is 10. The Labute approximate surface area is 771 Å². The maximum Gasteiger partial charge on any atom is 0.338 e. The van der Waals surface area contributed by atoms with Crippen molar-refractivity contribution in [2.45, 2.75) is 269 Å². The fraction of sp³-hybridized carbons (Fsp3) is 0.434. The molecule has 0 aromatic heterocycles. The molecule has 0 saturated heterocycles. The summed E-state index contributed by atoms with van der Waals surface area (Å²) in [5.74, 6) is -5.61. The summed E-state index contributed by atoms with van der Waals surface area (Å²) in [7, 11) is 0. The first kappa shape index (κ1) is 101. The van der Waals surface area contributed by atoms with Crippen LogP contribution in [0, 0.1) is 224 Å². The molecule has 7 aliphatic carbocycles. The zero-order valence-corrected chi connectivity index (χ0v) is 81.5. The number of halogens is 8. The number of carbonyl (C=O) groups is 2. The minimum atomic E-state index is -1.70. The number of allylic oxidation sites excluding steroid dienone is 2. The fourth-order valence-corrected chi connectivity index (χ4v) is 21.3. The Morgan fingerprint density at radius 2 is 0.557 bits per heavy atom. The molecule has 0 aliphatic heterocycles. The van der Waals surface area contributed by atoms with E-state index in [9.17, 15) is 9.59 Å². The van der Waals surface area contributed by atoms with Crippen molar-refractivity contribution >= 4 is 11.9 Å². The number of carbonyl (C=O) groups excluding carboxylic acids is 2. The van der Waals surface area contributed by atoms with Crippen LogP contribution in [-0.2, 0) is 15.0 Å². The molecule has 0 heterocycles. The molecular formula is C113H132F8O10. The van der Waals surface area contributed by atoms with Gasteiger partial charge in [0.25, 0.3) is 0 Å². The molecule has 131 heavy (non-hydrogen) atoms. The molecule has 700 valence electrons. The molecule has 10 unspecified atom stereocenters. The van der Waals surface area contributed by atoms with Crippen molar-refractivity contribution < 1.29 is 82.6 Å². The summed E-state index contributed by atoms with van der Waals surface area (Å²) in [6.45, 7) is 55.6. The molecule has 4 bridgehead atoms. The van der Waals surface area contributed by atoms with Crippen molar-refractivity contribution in [2.75, 3.05) is 0 Å². The number of esters is 2. The molecule has 16 rings (SSSR count). The van der Waals surface area contributed by atoms with Crippen molar-refractivity contribution in [1.82, 2.24) is 0 Å². The highest BCUT2D eigenvalue weighted by molar-refractivity contribution is 5.89. The summed E-state index contributed by atoms with van der Waals surface area (Å²) < 4.78 is 166. The number of aryl methyl sites for hydroxylation is 18. The van der Waals surface area contributed by atoms with Crippen LogP contribution < -0.4 is 37.9 Å². The average molecular weight is 1800 g/mol. The van der Waals surface area contributed by atoms with Crippen LogP contribution in [0.5, 0.6) is 74.7 Å². The van der Waals surface area contributed by atoms with E-state index in [1.165, 1.54) is 64.0 Å². The van der Waals surface area contributed by atoms with Gasteiger partial charge >= 0.3 is 11.9 Å². The maximum atomic E-state index is 15.2. The van der Waals surface area contributed by atoms with E-state index in [2.05, 4.69) is 46.1 Å². The lowest BCUT2D eigenvalue weighted by Gasteiger charge is -2.28. The van der Waals surface area contributed by atoms with Gasteiger partial charge in [0.2, 0.25) is 63.8 Å². The summed E-state index contributed by atoms with van der Waals surface area (Å²) >= 11 is 0. The normalized spacial score (nSPS) is 19.8. The van der Waals surface area contributed by atoms with Crippen LogP contribution in [0.1, 0.15) is 238 Å². The second-order valence-corrected chi connectivity index (χ2v) is 39.4. The topological polar surface area (TPSA) is 108 Å². The minimum absolute atomic E-state index is 0.0212. The van der Waals surface area contributed by atoms with Gasteiger partial charge in [-0.15, -0.1) is 0 Å². The molecule has 9 aromatic carbocycles. The zero-order valence-electron chi connectivity index (χ0n) is 81.5. The molecule has 0 amide bonds. The van der Waals surface area contributed by atoms with Crippen LogP contribution in [0.25, 0.3) is 0 Å². The van der Waals surface area contributed by atoms with Crippen LogP contribution in [0.2, 0.25) is 0 Å². The van der Waals surface area contributed by atoms with Gasteiger partial charge in [0.15, 0.2) is 5.75 Å². The van der Waals surface area contributed by atoms with Gasteiger partial charge < -0.3 is 37.9 Å². The van der Waals surface area contributed by atoms with Crippen molar-refractivity contribution in [3.8, 4) is 74.7 Å². The van der Waals surface area contributed by atoms with Crippen LogP contribution in [0.4, 0.5) is 35.1 Å². The Balaban J connectivity index is 0.000000167. The quantitative estimate of drug-likeness (QED) is 0.0305. The standard InChI is InChI=1S/C35H36F4O3.C32H32F4O3.2C13H16O2.2C10H16/c1-17-11-18(2)31(19(3)12-17)41-33-26(36)28(38)34(29(39)27(33)37)42-32-22(6)15-25(16-23(32)7)40-30-20(4)13-24(14-21(30)5)35(8,9)10;1-15-9-17(3)28(18(4)10-15)37-23-13-21(7)30(22(8)14-23)39-32-26(35)24(33)31(25(34)27(32)36)38-29-19(5)11-16(2)12-20(29)6;2*1-8(2)13(14)15-12-10(4)6-9(3)7-11(12)5;2*1-2-9-7-4-5-8(6-7)10(9)3-1/h11-16H,1-10H3;9-14,19,29H,1-8H3;2*6-7H,1H2,2-5H3;2*7-10H,1-6H2. The lowest BCUT2D eigenvalue weighted by atomic mass is 9.82. The molecule has 18 heteroatoms. The van der Waals surface area contributed by atoms with E-state index < -0.39 is 75.6 Å². The highest BCUT2D eigenvalue weighted by atomic mass is 19.2. The van der Waals surface area contributed by atoms with E-state index in [1.54, 1.807) is 189 Å². The minimum Gasteiger partial charge on any atom is -0.479 e. The van der Waals surface area contributed by atoms with Gasteiger partial charge in [-0.25, -0.2) is 9.59 Å². The lowest BCUT2D eigenvalue weighted by molar-refractivity contribution is -0.131. The van der Waals surface area contributed by atoms with Gasteiger partial charge in [0.05, 0.1) is 0 Å². The predicted octanol–water partition coefficient (Wildman–Crippen LogP) is 32.6. The first-order valence-corrected chi connectivity index (χ1v) is 46.1. The van der Waals surface area contributed by atoms with Crippen LogP contribution in [0.15, 0.2) is 133 Å². The van der Waals surface area contributed by atoms with Gasteiger partial charge in [0.1, 0.15) is 57.8 Å². The summed E-state index contributed by atoms with van der Waals surface area (Å²) in [4.78, 5) is 22.8. The predicted molar refractivity (Wildman–Crippen MR) is 507 cm³/mol. The largest absolute Gasteiger partial charge is 0.479 e. The zero-order chi connectivity index (χ0) is 96.3. The Bertz CT molecular complexity index is 5570. The number of benzene rings is 9. The highest BCUT2D eigenvalue weighted by Gasteiger charge is 2.50. The maximum absolute atomic E-state index is 15.2. The van der Waals surface area contributed by atoms with Gasteiger partial charge in [-0.3, -0.25) is 0 Å². The molecule has 6 fully saturated rings. The van der Waals surface area contributed by atoms with Crippen LogP contribution >= 0.6 is 0 Å². The number of rotatable bonds is 16. The number of ether oxygens (including phenoxy) is 8. The van der Waals surface area contributed by atoms with Crippen molar-refractivity contribution in [2.24, 2.45) is 53.3 Å². The Kier molecular flexibility index (Phi) is 32.2. The monoisotopic (exact) mass is 1800 g/mol. The highest BCUT2D eigenvalue weighted by Crippen LogP contribution is 2.60. The van der Waals surface area contributed by atoms with Gasteiger partial charge in [-0.1, -0.05) is 154 Å². The van der Waals surface area contributed by atoms with E-state index in [0.29, 0.717) is 84.6 Å². The second-order valence-electron chi connectivity index (χ2n) is 39.4. The van der Waals surface area contributed by atoms with E-state index in [1.807, 2.05) is 132 Å². The average Bonchev–Trinajstić information content (AvgIpc) is 1.64.